The first-order valence-corrected chi connectivity index (χ1v) is 8.69. The molecule has 0 atom stereocenters. The fourth-order valence-electron chi connectivity index (χ4n) is 2.24. The van der Waals surface area contributed by atoms with E-state index in [1.165, 1.54) is 0 Å². The molecule has 24 heavy (non-hydrogen) atoms. The molecule has 2 aromatic carbocycles. The van der Waals surface area contributed by atoms with Gasteiger partial charge in [-0.1, -0.05) is 34.1 Å². The molecule has 0 amide bonds. The van der Waals surface area contributed by atoms with Crippen LogP contribution in [0.15, 0.2) is 59.1 Å². The standard InChI is InChI=1S/C20H23BrN2O/c1-22(2)13-14-23(3)19-10-8-17(9-11-19)20(24)12-7-16-5-4-6-18(21)15-16/h4-12,15H,13-14H2,1-3H3. The van der Waals surface area contributed by atoms with Crippen LogP contribution >= 0.6 is 15.9 Å². The number of hydrogen-bond acceptors (Lipinski definition) is 3. The molecule has 0 fully saturated rings. The zero-order valence-corrected chi connectivity index (χ0v) is 16.0. The van der Waals surface area contributed by atoms with E-state index in [1.807, 2.05) is 54.6 Å². The van der Waals surface area contributed by atoms with Crippen molar-refractivity contribution in [3.05, 3.63) is 70.2 Å². The van der Waals surface area contributed by atoms with Crippen molar-refractivity contribution in [2.75, 3.05) is 39.1 Å². The molecule has 0 unspecified atom stereocenters. The van der Waals surface area contributed by atoms with E-state index in [9.17, 15) is 4.79 Å². The summed E-state index contributed by atoms with van der Waals surface area (Å²) in [6.45, 7) is 1.94. The molecule has 0 aromatic heterocycles. The lowest BCUT2D eigenvalue weighted by Gasteiger charge is -2.21. The van der Waals surface area contributed by atoms with Gasteiger partial charge in [0.15, 0.2) is 5.78 Å². The van der Waals surface area contributed by atoms with Crippen molar-refractivity contribution in [2.24, 2.45) is 0 Å². The molecule has 0 N–H and O–H groups in total. The summed E-state index contributed by atoms with van der Waals surface area (Å²) >= 11 is 3.43. The summed E-state index contributed by atoms with van der Waals surface area (Å²) in [4.78, 5) is 16.6. The third-order valence-corrected chi connectivity index (χ3v) is 4.24. The fraction of sp³-hybridized carbons (Fsp3) is 0.250. The maximum atomic E-state index is 12.3. The van der Waals surface area contributed by atoms with Crippen molar-refractivity contribution >= 4 is 33.5 Å². The summed E-state index contributed by atoms with van der Waals surface area (Å²) < 4.78 is 1.00. The Hall–Kier alpha value is -1.91. The smallest absolute Gasteiger partial charge is 0.185 e. The maximum Gasteiger partial charge on any atom is 0.185 e. The van der Waals surface area contributed by atoms with Gasteiger partial charge in [-0.2, -0.15) is 0 Å². The van der Waals surface area contributed by atoms with Gasteiger partial charge in [-0.3, -0.25) is 4.79 Å². The minimum absolute atomic E-state index is 0.0115. The number of nitrogens with zero attached hydrogens (tertiary/aromatic N) is 2. The number of ketones is 1. The number of carbonyl (C=O) groups is 1. The predicted octanol–water partition coefficient (Wildman–Crippen LogP) is 4.34. The summed E-state index contributed by atoms with van der Waals surface area (Å²) in [6, 6.07) is 15.6. The third-order valence-electron chi connectivity index (χ3n) is 3.75. The molecule has 0 aliphatic carbocycles. The third kappa shape index (κ3) is 5.62. The van der Waals surface area contributed by atoms with Crippen LogP contribution in [-0.2, 0) is 0 Å². The van der Waals surface area contributed by atoms with Gasteiger partial charge in [0.05, 0.1) is 0 Å². The Labute approximate surface area is 152 Å². The number of allylic oxidation sites excluding steroid dienone is 1. The zero-order chi connectivity index (χ0) is 17.5. The molecule has 0 saturated carbocycles. The second kappa shape index (κ2) is 8.81. The normalized spacial score (nSPS) is 11.2. The number of halogens is 1. The molecule has 0 aliphatic rings. The van der Waals surface area contributed by atoms with Gasteiger partial charge in [0.2, 0.25) is 0 Å². The summed E-state index contributed by atoms with van der Waals surface area (Å²) in [5, 5.41) is 0. The van der Waals surface area contributed by atoms with Gasteiger partial charge < -0.3 is 9.80 Å². The van der Waals surface area contributed by atoms with E-state index >= 15 is 0 Å². The number of hydrogen-bond donors (Lipinski definition) is 0. The van der Waals surface area contributed by atoms with Crippen LogP contribution in [-0.4, -0.2) is 44.9 Å². The molecule has 0 heterocycles. The first-order chi connectivity index (χ1) is 11.5. The van der Waals surface area contributed by atoms with Crippen molar-refractivity contribution in [2.45, 2.75) is 0 Å². The van der Waals surface area contributed by atoms with Crippen LogP contribution in [0.5, 0.6) is 0 Å². The predicted molar refractivity (Wildman–Crippen MR) is 106 cm³/mol. The van der Waals surface area contributed by atoms with Crippen molar-refractivity contribution in [1.82, 2.24) is 4.90 Å². The Bertz CT molecular complexity index is 708. The Morgan fingerprint density at radius 3 is 2.38 bits per heavy atom. The highest BCUT2D eigenvalue weighted by Gasteiger charge is 2.05. The van der Waals surface area contributed by atoms with Crippen molar-refractivity contribution in [3.8, 4) is 0 Å². The molecule has 2 aromatic rings. The summed E-state index contributed by atoms with van der Waals surface area (Å²) in [7, 11) is 6.19. The van der Waals surface area contributed by atoms with Crippen molar-refractivity contribution in [3.63, 3.8) is 0 Å². The van der Waals surface area contributed by atoms with Crippen LogP contribution in [0.2, 0.25) is 0 Å². The van der Waals surface area contributed by atoms with E-state index in [0.29, 0.717) is 5.56 Å². The minimum atomic E-state index is 0.0115. The molecule has 0 saturated heterocycles. The first kappa shape index (κ1) is 18.4. The lowest BCUT2D eigenvalue weighted by molar-refractivity contribution is 0.104. The van der Waals surface area contributed by atoms with Crippen LogP contribution in [0.1, 0.15) is 15.9 Å². The van der Waals surface area contributed by atoms with Gasteiger partial charge in [0.25, 0.3) is 0 Å². The van der Waals surface area contributed by atoms with E-state index < -0.39 is 0 Å². The average Bonchev–Trinajstić information content (AvgIpc) is 2.57. The molecular formula is C20H23BrN2O. The second-order valence-electron chi connectivity index (χ2n) is 6.02. The number of likely N-dealkylation sites (N-methyl/N-ethyl adjacent to an activating group) is 2. The molecule has 0 spiro atoms. The molecule has 4 heteroatoms. The monoisotopic (exact) mass is 386 g/mol. The highest BCUT2D eigenvalue weighted by Crippen LogP contribution is 2.16. The molecular weight excluding hydrogens is 364 g/mol. The lowest BCUT2D eigenvalue weighted by Crippen LogP contribution is -2.28. The number of anilines is 1. The summed E-state index contributed by atoms with van der Waals surface area (Å²) in [6.07, 6.45) is 3.46. The van der Waals surface area contributed by atoms with E-state index in [-0.39, 0.29) is 5.78 Å². The lowest BCUT2D eigenvalue weighted by atomic mass is 10.1. The van der Waals surface area contributed by atoms with Crippen LogP contribution in [0.4, 0.5) is 5.69 Å². The minimum Gasteiger partial charge on any atom is -0.373 e. The second-order valence-corrected chi connectivity index (χ2v) is 6.94. The number of benzene rings is 2. The van der Waals surface area contributed by atoms with Crippen LogP contribution < -0.4 is 4.90 Å². The number of carbonyl (C=O) groups excluding carboxylic acids is 1. The SMILES string of the molecule is CN(C)CCN(C)c1ccc(C(=O)C=Cc2cccc(Br)c2)cc1. The van der Waals surface area contributed by atoms with E-state index in [2.05, 4.69) is 46.9 Å². The van der Waals surface area contributed by atoms with Crippen molar-refractivity contribution < 1.29 is 4.79 Å². The Balaban J connectivity index is 2.00. The average molecular weight is 387 g/mol. The first-order valence-electron chi connectivity index (χ1n) is 7.89. The zero-order valence-electron chi connectivity index (χ0n) is 14.4. The molecule has 3 nitrogen and oxygen atoms in total. The van der Waals surface area contributed by atoms with E-state index in [0.717, 1.165) is 28.8 Å². The summed E-state index contributed by atoms with van der Waals surface area (Å²) in [5.74, 6) is 0.0115. The van der Waals surface area contributed by atoms with Gasteiger partial charge in [0.1, 0.15) is 0 Å². The van der Waals surface area contributed by atoms with Gasteiger partial charge in [0, 0.05) is 35.9 Å². The molecule has 126 valence electrons. The van der Waals surface area contributed by atoms with Gasteiger partial charge >= 0.3 is 0 Å². The van der Waals surface area contributed by atoms with Crippen LogP contribution in [0, 0.1) is 0 Å². The molecule has 0 aliphatic heterocycles. The van der Waals surface area contributed by atoms with Gasteiger partial charge in [-0.05, 0) is 62.1 Å². The molecule has 2 rings (SSSR count). The highest BCUT2D eigenvalue weighted by atomic mass is 79.9. The topological polar surface area (TPSA) is 23.6 Å². The fourth-order valence-corrected chi connectivity index (χ4v) is 2.65. The van der Waals surface area contributed by atoms with Gasteiger partial charge in [-0.15, -0.1) is 0 Å². The summed E-state index contributed by atoms with van der Waals surface area (Å²) in [5.41, 5.74) is 2.81. The van der Waals surface area contributed by atoms with Crippen LogP contribution in [0.3, 0.4) is 0 Å². The van der Waals surface area contributed by atoms with Crippen LogP contribution in [0.25, 0.3) is 6.08 Å². The highest BCUT2D eigenvalue weighted by molar-refractivity contribution is 9.10. The van der Waals surface area contributed by atoms with E-state index in [1.54, 1.807) is 6.08 Å². The number of rotatable bonds is 7. The Morgan fingerprint density at radius 2 is 1.75 bits per heavy atom. The van der Waals surface area contributed by atoms with E-state index in [4.69, 9.17) is 0 Å². The quantitative estimate of drug-likeness (QED) is 0.522. The molecule has 0 bridgehead atoms. The Morgan fingerprint density at radius 1 is 1.04 bits per heavy atom. The Kier molecular flexibility index (Phi) is 6.76. The van der Waals surface area contributed by atoms with Crippen molar-refractivity contribution in [1.29, 1.82) is 0 Å². The molecule has 0 radical (unpaired) electrons. The largest absolute Gasteiger partial charge is 0.373 e. The maximum absolute atomic E-state index is 12.3. The van der Waals surface area contributed by atoms with Gasteiger partial charge in [-0.25, -0.2) is 0 Å².